The molecule has 0 saturated heterocycles. The normalized spacial score (nSPS) is 12.0. The van der Waals surface area contributed by atoms with Gasteiger partial charge >= 0.3 is 5.97 Å². The number of benzene rings is 3. The molecular weight excluding hydrogens is 568 g/mol. The number of hydrogen-bond donors (Lipinski definition) is 3. The predicted octanol–water partition coefficient (Wildman–Crippen LogP) is 5.05. The maximum absolute atomic E-state index is 12.9. The summed E-state index contributed by atoms with van der Waals surface area (Å²) < 4.78 is 33.0. The number of nitrogens with one attached hydrogen (secondary N) is 3. The summed E-state index contributed by atoms with van der Waals surface area (Å²) >= 11 is 5.68. The van der Waals surface area contributed by atoms with Crippen LogP contribution in [0, 0.1) is 0 Å². The Balaban J connectivity index is 1.23. The zero-order chi connectivity index (χ0) is 29.0. The molecule has 1 atom stereocenters. The Hall–Kier alpha value is -4.81. The highest BCUT2D eigenvalue weighted by atomic mass is 35.5. The van der Waals surface area contributed by atoms with Crippen LogP contribution in [0.5, 0.6) is 0 Å². The van der Waals surface area contributed by atoms with E-state index in [1.165, 1.54) is 36.4 Å². The number of hydrogen-bond acceptors (Lipinski definition) is 8. The maximum atomic E-state index is 12.9. The number of halogens is 1. The molecule has 41 heavy (non-hydrogen) atoms. The van der Waals surface area contributed by atoms with Crippen molar-refractivity contribution in [1.29, 1.82) is 0 Å². The SMILES string of the molecule is CCC(OC(=O)c1ccc2nc(-c3ccccc3)[nH]c2c1)C(=O)Nc1ccc(S(=O)(=O)Nc2ccc(Cl)nn2)cc1. The fourth-order valence-corrected chi connectivity index (χ4v) is 4.99. The summed E-state index contributed by atoms with van der Waals surface area (Å²) in [7, 11) is -3.95. The molecule has 0 radical (unpaired) electrons. The highest BCUT2D eigenvalue weighted by Gasteiger charge is 2.23. The lowest BCUT2D eigenvalue weighted by atomic mass is 10.2. The molecule has 2 aromatic heterocycles. The van der Waals surface area contributed by atoms with E-state index >= 15 is 0 Å². The number of aromatic amines is 1. The molecule has 13 heteroatoms. The molecule has 3 N–H and O–H groups in total. The molecular formula is C28H23ClN6O5S. The third kappa shape index (κ3) is 6.51. The molecule has 2 heterocycles. The summed E-state index contributed by atoms with van der Waals surface area (Å²) in [6.45, 7) is 1.71. The second kappa shape index (κ2) is 11.7. The lowest BCUT2D eigenvalue weighted by Crippen LogP contribution is -2.32. The fraction of sp³-hybridized carbons (Fsp3) is 0.107. The van der Waals surface area contributed by atoms with Gasteiger partial charge < -0.3 is 15.0 Å². The van der Waals surface area contributed by atoms with Gasteiger partial charge in [0.2, 0.25) is 0 Å². The molecule has 0 aliphatic heterocycles. The molecule has 1 unspecified atom stereocenters. The van der Waals surface area contributed by atoms with Crippen LogP contribution in [0.1, 0.15) is 23.7 Å². The lowest BCUT2D eigenvalue weighted by molar-refractivity contribution is -0.124. The highest BCUT2D eigenvalue weighted by molar-refractivity contribution is 7.92. The van der Waals surface area contributed by atoms with E-state index in [2.05, 4.69) is 30.2 Å². The van der Waals surface area contributed by atoms with Gasteiger partial charge in [-0.1, -0.05) is 48.9 Å². The summed E-state index contributed by atoms with van der Waals surface area (Å²) in [6, 6.07) is 22.8. The fourth-order valence-electron chi connectivity index (χ4n) is 3.90. The van der Waals surface area contributed by atoms with Gasteiger partial charge in [-0.25, -0.2) is 18.2 Å². The van der Waals surface area contributed by atoms with Crippen LogP contribution in [0.3, 0.4) is 0 Å². The number of carbonyl (C=O) groups excluding carboxylic acids is 2. The van der Waals surface area contributed by atoms with Gasteiger partial charge in [0.05, 0.1) is 21.5 Å². The molecule has 0 spiro atoms. The van der Waals surface area contributed by atoms with E-state index in [1.54, 1.807) is 25.1 Å². The van der Waals surface area contributed by atoms with Crippen molar-refractivity contribution in [2.75, 3.05) is 10.0 Å². The van der Waals surface area contributed by atoms with Crippen molar-refractivity contribution in [3.63, 3.8) is 0 Å². The average molecular weight is 591 g/mol. The van der Waals surface area contributed by atoms with Crippen molar-refractivity contribution in [1.82, 2.24) is 20.2 Å². The summed E-state index contributed by atoms with van der Waals surface area (Å²) in [5.74, 6) is -0.546. The maximum Gasteiger partial charge on any atom is 0.338 e. The van der Waals surface area contributed by atoms with E-state index in [4.69, 9.17) is 16.3 Å². The van der Waals surface area contributed by atoms with Crippen molar-refractivity contribution >= 4 is 56.0 Å². The van der Waals surface area contributed by atoms with Gasteiger partial charge in [-0.05, 0) is 61.0 Å². The number of imidazole rings is 1. The number of esters is 1. The number of nitrogens with zero attached hydrogens (tertiary/aromatic N) is 3. The van der Waals surface area contributed by atoms with Crippen molar-refractivity contribution in [3.8, 4) is 11.4 Å². The lowest BCUT2D eigenvalue weighted by Gasteiger charge is -2.16. The summed E-state index contributed by atoms with van der Waals surface area (Å²) in [6.07, 6.45) is -0.853. The first-order valence-corrected chi connectivity index (χ1v) is 14.3. The van der Waals surface area contributed by atoms with Crippen LogP contribution in [-0.4, -0.2) is 46.6 Å². The summed E-state index contributed by atoms with van der Waals surface area (Å²) in [5.41, 5.74) is 2.84. The van der Waals surface area contributed by atoms with Crippen LogP contribution >= 0.6 is 11.6 Å². The van der Waals surface area contributed by atoms with Crippen LogP contribution in [-0.2, 0) is 19.6 Å². The molecule has 5 aromatic rings. The number of aromatic nitrogens is 4. The minimum absolute atomic E-state index is 0.00250. The third-order valence-electron chi connectivity index (χ3n) is 5.98. The van der Waals surface area contributed by atoms with Gasteiger partial charge in [0.15, 0.2) is 17.1 Å². The van der Waals surface area contributed by atoms with Crippen LogP contribution in [0.2, 0.25) is 5.15 Å². The standard InChI is InChI=1S/C28H23ClN6O5S/c1-2-23(40-28(37)18-8-13-21-22(16-18)32-26(31-21)17-6-4-3-5-7-17)27(36)30-19-9-11-20(12-10-19)41(38,39)35-25-15-14-24(29)33-34-25/h3-16,23H,2H2,1H3,(H,30,36)(H,31,32)(H,34,35). The third-order valence-corrected chi connectivity index (χ3v) is 7.55. The first-order chi connectivity index (χ1) is 19.7. The summed E-state index contributed by atoms with van der Waals surface area (Å²) in [4.78, 5) is 33.5. The average Bonchev–Trinajstić information content (AvgIpc) is 3.41. The smallest absolute Gasteiger partial charge is 0.338 e. The van der Waals surface area contributed by atoms with E-state index in [-0.39, 0.29) is 27.9 Å². The zero-order valence-corrected chi connectivity index (χ0v) is 23.1. The van der Waals surface area contributed by atoms with E-state index in [0.717, 1.165) is 5.56 Å². The topological polar surface area (TPSA) is 156 Å². The van der Waals surface area contributed by atoms with Crippen molar-refractivity contribution < 1.29 is 22.7 Å². The Morgan fingerprint density at radius 2 is 1.73 bits per heavy atom. The Labute approximate surface area is 240 Å². The molecule has 0 fully saturated rings. The second-order valence-electron chi connectivity index (χ2n) is 8.85. The predicted molar refractivity (Wildman–Crippen MR) is 154 cm³/mol. The van der Waals surface area contributed by atoms with E-state index < -0.39 is 28.0 Å². The first-order valence-electron chi connectivity index (χ1n) is 12.4. The number of amides is 1. The second-order valence-corrected chi connectivity index (χ2v) is 10.9. The molecule has 1 amide bonds. The molecule has 3 aromatic carbocycles. The Morgan fingerprint density at radius 1 is 0.976 bits per heavy atom. The molecule has 5 rings (SSSR count). The number of sulfonamides is 1. The number of fused-ring (bicyclic) bond motifs is 1. The van der Waals surface area contributed by atoms with Gasteiger partial charge in [0.1, 0.15) is 5.82 Å². The number of rotatable bonds is 9. The molecule has 0 aliphatic carbocycles. The Morgan fingerprint density at radius 3 is 2.41 bits per heavy atom. The van der Waals surface area contributed by atoms with E-state index in [0.29, 0.717) is 22.5 Å². The highest BCUT2D eigenvalue weighted by Crippen LogP contribution is 2.22. The van der Waals surface area contributed by atoms with Crippen LogP contribution < -0.4 is 10.0 Å². The van der Waals surface area contributed by atoms with Gasteiger partial charge in [0.25, 0.3) is 15.9 Å². The number of ether oxygens (including phenoxy) is 1. The summed E-state index contributed by atoms with van der Waals surface area (Å²) in [5, 5.41) is 10.0. The monoisotopic (exact) mass is 590 g/mol. The van der Waals surface area contributed by atoms with E-state index in [9.17, 15) is 18.0 Å². The molecule has 0 aliphatic rings. The van der Waals surface area contributed by atoms with Gasteiger partial charge in [-0.2, -0.15) is 0 Å². The number of H-pyrrole nitrogens is 1. The quantitative estimate of drug-likeness (QED) is 0.201. The van der Waals surface area contributed by atoms with Gasteiger partial charge in [-0.3, -0.25) is 9.52 Å². The number of carbonyl (C=O) groups is 2. The minimum Gasteiger partial charge on any atom is -0.449 e. The van der Waals surface area contributed by atoms with Crippen LogP contribution in [0.4, 0.5) is 11.5 Å². The molecule has 0 bridgehead atoms. The van der Waals surface area contributed by atoms with Crippen molar-refractivity contribution in [2.45, 2.75) is 24.3 Å². The minimum atomic E-state index is -3.95. The Bertz CT molecular complexity index is 1810. The molecule has 208 valence electrons. The molecule has 0 saturated carbocycles. The Kier molecular flexibility index (Phi) is 7.95. The van der Waals surface area contributed by atoms with E-state index in [1.807, 2.05) is 30.3 Å². The van der Waals surface area contributed by atoms with Crippen molar-refractivity contribution in [2.24, 2.45) is 0 Å². The van der Waals surface area contributed by atoms with Gasteiger partial charge in [-0.15, -0.1) is 10.2 Å². The first kappa shape index (κ1) is 27.7. The van der Waals surface area contributed by atoms with Crippen LogP contribution in [0.25, 0.3) is 22.4 Å². The van der Waals surface area contributed by atoms with Gasteiger partial charge in [0, 0.05) is 11.3 Å². The largest absolute Gasteiger partial charge is 0.449 e. The van der Waals surface area contributed by atoms with Crippen LogP contribution in [0.15, 0.2) is 89.8 Å². The van der Waals surface area contributed by atoms with Crippen molar-refractivity contribution in [3.05, 3.63) is 95.6 Å². The molecule has 11 nitrogen and oxygen atoms in total. The zero-order valence-electron chi connectivity index (χ0n) is 21.5. The number of anilines is 2.